The molecule has 0 aliphatic carbocycles. The fourth-order valence-corrected chi connectivity index (χ4v) is 0. The predicted molar refractivity (Wildman–Crippen MR) is 35.4 cm³/mol. The zero-order chi connectivity index (χ0) is 4.50. The first-order valence-corrected chi connectivity index (χ1v) is 2.51. The number of rotatable bonds is 0. The molecular formula is C2H6S3. The van der Waals surface area contributed by atoms with Gasteiger partial charge in [0.1, 0.15) is 0 Å². The van der Waals surface area contributed by atoms with Crippen LogP contribution in [0.2, 0.25) is 0 Å². The molecule has 0 saturated carbocycles. The average Bonchev–Trinajstić information content (AvgIpc) is 0.722. The van der Waals surface area contributed by atoms with Crippen LogP contribution >= 0.6 is 37.9 Å². The van der Waals surface area contributed by atoms with E-state index in [1.807, 2.05) is 0 Å². The highest BCUT2D eigenvalue weighted by Gasteiger charge is 1.99. The molecule has 0 atom stereocenters. The Bertz CT molecular complexity index is 20.4. The first-order chi connectivity index (χ1) is 2.00. The molecule has 5 heavy (non-hydrogen) atoms. The van der Waals surface area contributed by atoms with Gasteiger partial charge in [-0.25, -0.2) is 0 Å². The lowest BCUT2D eigenvalue weighted by atomic mass is 10.9. The molecule has 0 bridgehead atoms. The number of hydrogen-bond donors (Lipinski definition) is 3. The Kier molecular flexibility index (Phi) is 2.02. The molecule has 0 aromatic carbocycles. The van der Waals surface area contributed by atoms with Gasteiger partial charge in [-0.05, 0) is 6.92 Å². The number of hydrogen-bond acceptors (Lipinski definition) is 3. The van der Waals surface area contributed by atoms with Crippen molar-refractivity contribution < 1.29 is 0 Å². The second kappa shape index (κ2) is 1.67. The molecule has 0 radical (unpaired) electrons. The van der Waals surface area contributed by atoms with Gasteiger partial charge in [-0.1, -0.05) is 0 Å². The van der Waals surface area contributed by atoms with Gasteiger partial charge >= 0.3 is 0 Å². The van der Waals surface area contributed by atoms with Crippen LogP contribution in [0.4, 0.5) is 0 Å². The second-order valence-electron chi connectivity index (χ2n) is 0.971. The quantitative estimate of drug-likeness (QED) is 0.317. The average molecular weight is 126 g/mol. The Morgan fingerprint density at radius 3 is 1.20 bits per heavy atom. The molecule has 0 N–H and O–H groups in total. The van der Waals surface area contributed by atoms with Gasteiger partial charge in [-0.3, -0.25) is 0 Å². The van der Waals surface area contributed by atoms with Crippen LogP contribution in [0.15, 0.2) is 0 Å². The molecule has 3 heteroatoms. The van der Waals surface area contributed by atoms with Crippen LogP contribution in [-0.4, -0.2) is 3.41 Å². The molecule has 0 nitrogen and oxygen atoms in total. The van der Waals surface area contributed by atoms with E-state index in [0.29, 0.717) is 0 Å². The third-order valence-electron chi connectivity index (χ3n) is 0. The van der Waals surface area contributed by atoms with Gasteiger partial charge in [0, 0.05) is 0 Å². The van der Waals surface area contributed by atoms with E-state index in [1.54, 1.807) is 6.92 Å². The van der Waals surface area contributed by atoms with E-state index in [9.17, 15) is 0 Å². The summed E-state index contributed by atoms with van der Waals surface area (Å²) in [5.41, 5.74) is 0. The highest BCUT2D eigenvalue weighted by Crippen LogP contribution is 2.21. The number of thiol groups is 3. The topological polar surface area (TPSA) is 0 Å². The highest BCUT2D eigenvalue weighted by atomic mass is 32.2. The van der Waals surface area contributed by atoms with Crippen molar-refractivity contribution in [3.05, 3.63) is 0 Å². The van der Waals surface area contributed by atoms with Gasteiger partial charge in [0.15, 0.2) is 0 Å². The van der Waals surface area contributed by atoms with Crippen LogP contribution in [0.3, 0.4) is 0 Å². The fourth-order valence-electron chi connectivity index (χ4n) is 0. The van der Waals surface area contributed by atoms with Crippen molar-refractivity contribution in [1.29, 1.82) is 0 Å². The minimum absolute atomic E-state index is 0.417. The zero-order valence-electron chi connectivity index (χ0n) is 2.84. The standard InChI is InChI=1S/C2H6S3/c1-2(3,4)5/h3-5H,1H3. The minimum Gasteiger partial charge on any atom is -0.152 e. The van der Waals surface area contributed by atoms with Crippen LogP contribution in [0.25, 0.3) is 0 Å². The maximum Gasteiger partial charge on any atom is 0.0952 e. The summed E-state index contributed by atoms with van der Waals surface area (Å²) in [7, 11) is 0. The summed E-state index contributed by atoms with van der Waals surface area (Å²) in [5, 5.41) is 0. The van der Waals surface area contributed by atoms with Crippen molar-refractivity contribution >= 4 is 37.9 Å². The summed E-state index contributed by atoms with van der Waals surface area (Å²) in [5.74, 6) is 0. The van der Waals surface area contributed by atoms with Gasteiger partial charge < -0.3 is 0 Å². The van der Waals surface area contributed by atoms with Gasteiger partial charge in [-0.15, -0.1) is 0 Å². The first-order valence-electron chi connectivity index (χ1n) is 1.17. The maximum absolute atomic E-state index is 3.85. The third kappa shape index (κ3) is 42.6. The Balaban J connectivity index is 3.02. The summed E-state index contributed by atoms with van der Waals surface area (Å²) in [4.78, 5) is 0. The van der Waals surface area contributed by atoms with Gasteiger partial charge in [0.25, 0.3) is 0 Å². The monoisotopic (exact) mass is 126 g/mol. The Morgan fingerprint density at radius 2 is 1.20 bits per heavy atom. The zero-order valence-corrected chi connectivity index (χ0v) is 5.52. The molecule has 0 aromatic heterocycles. The van der Waals surface area contributed by atoms with Crippen LogP contribution in [0, 0.1) is 0 Å². The van der Waals surface area contributed by atoms with Gasteiger partial charge in [-0.2, -0.15) is 37.9 Å². The third-order valence-corrected chi connectivity index (χ3v) is 0. The first kappa shape index (κ1) is 6.05. The SMILES string of the molecule is CC(S)(S)S. The molecule has 0 unspecified atom stereocenters. The summed E-state index contributed by atoms with van der Waals surface area (Å²) in [6, 6.07) is 0. The van der Waals surface area contributed by atoms with E-state index in [-0.39, 0.29) is 0 Å². The molecule has 0 aromatic rings. The molecule has 0 rings (SSSR count). The largest absolute Gasteiger partial charge is 0.152 e. The van der Waals surface area contributed by atoms with Gasteiger partial charge in [0.05, 0.1) is 3.41 Å². The van der Waals surface area contributed by atoms with Crippen molar-refractivity contribution in [2.75, 3.05) is 0 Å². The Hall–Kier alpha value is 1.05. The van der Waals surface area contributed by atoms with E-state index >= 15 is 0 Å². The van der Waals surface area contributed by atoms with E-state index in [4.69, 9.17) is 0 Å². The summed E-state index contributed by atoms with van der Waals surface area (Å²) in [6.45, 7) is 1.78. The lowest BCUT2D eigenvalue weighted by Crippen LogP contribution is -1.88. The van der Waals surface area contributed by atoms with Crippen LogP contribution in [0.1, 0.15) is 6.92 Å². The van der Waals surface area contributed by atoms with Crippen molar-refractivity contribution in [3.8, 4) is 0 Å². The maximum atomic E-state index is 3.85. The normalized spacial score (nSPS) is 12.0. The van der Waals surface area contributed by atoms with Crippen molar-refractivity contribution in [2.45, 2.75) is 10.3 Å². The van der Waals surface area contributed by atoms with E-state index in [1.165, 1.54) is 0 Å². The highest BCUT2D eigenvalue weighted by molar-refractivity contribution is 8.16. The molecule has 0 aliphatic heterocycles. The fraction of sp³-hybridized carbons (Fsp3) is 1.00. The Labute approximate surface area is 48.6 Å². The second-order valence-corrected chi connectivity index (χ2v) is 4.71. The van der Waals surface area contributed by atoms with E-state index in [2.05, 4.69) is 37.9 Å². The summed E-state index contributed by atoms with van der Waals surface area (Å²) in [6.07, 6.45) is 0. The lowest BCUT2D eigenvalue weighted by molar-refractivity contribution is 1.37. The van der Waals surface area contributed by atoms with Crippen molar-refractivity contribution in [3.63, 3.8) is 0 Å². The molecule has 32 valence electrons. The predicted octanol–water partition coefficient (Wildman–Crippen LogP) is 1.45. The van der Waals surface area contributed by atoms with Crippen LogP contribution in [0.5, 0.6) is 0 Å². The molecule has 0 spiro atoms. The summed E-state index contributed by atoms with van der Waals surface area (Å²) < 4.78 is -0.417. The molecule has 0 amide bonds. The summed E-state index contributed by atoms with van der Waals surface area (Å²) >= 11 is 11.6. The molecule has 0 heterocycles. The lowest BCUT2D eigenvalue weighted by Gasteiger charge is -2.02. The van der Waals surface area contributed by atoms with Crippen molar-refractivity contribution in [1.82, 2.24) is 0 Å². The van der Waals surface area contributed by atoms with Gasteiger partial charge in [0.2, 0.25) is 0 Å². The minimum atomic E-state index is -0.417. The van der Waals surface area contributed by atoms with Crippen molar-refractivity contribution in [2.24, 2.45) is 0 Å². The van der Waals surface area contributed by atoms with E-state index < -0.39 is 3.41 Å². The van der Waals surface area contributed by atoms with Crippen LogP contribution < -0.4 is 0 Å². The smallest absolute Gasteiger partial charge is 0.0952 e. The molecular weight excluding hydrogens is 120 g/mol. The molecule has 0 aliphatic rings. The van der Waals surface area contributed by atoms with Crippen LogP contribution in [-0.2, 0) is 0 Å². The Morgan fingerprint density at radius 1 is 1.20 bits per heavy atom. The molecule has 0 saturated heterocycles. The molecule has 0 fully saturated rings. The van der Waals surface area contributed by atoms with E-state index in [0.717, 1.165) is 0 Å².